The SMILES string of the molecule is C=CCC(C)(C)COC(=O)N[C@H](C(=O)N1C[C@H](OC(=O)N2Cc3cccc(C=C)c3C2)C[C@H]1C(=O)OC)C(C)(C)C. The number of ether oxygens (including phenoxy) is 3. The fraction of sp³-hybridized carbons (Fsp3) is 0.548. The molecule has 1 fully saturated rings. The third-order valence-corrected chi connectivity index (χ3v) is 7.45. The average molecular weight is 570 g/mol. The number of hydrogen-bond acceptors (Lipinski definition) is 7. The van der Waals surface area contributed by atoms with Crippen LogP contribution in [0.4, 0.5) is 9.59 Å². The number of esters is 1. The molecule has 0 radical (unpaired) electrons. The van der Waals surface area contributed by atoms with E-state index >= 15 is 0 Å². The first-order valence-electron chi connectivity index (χ1n) is 13.8. The van der Waals surface area contributed by atoms with Crippen LogP contribution in [0.2, 0.25) is 0 Å². The molecule has 1 saturated heterocycles. The lowest BCUT2D eigenvalue weighted by molar-refractivity contribution is -0.152. The van der Waals surface area contributed by atoms with E-state index in [2.05, 4.69) is 18.5 Å². The van der Waals surface area contributed by atoms with Gasteiger partial charge in [0.25, 0.3) is 0 Å². The van der Waals surface area contributed by atoms with Crippen LogP contribution in [-0.4, -0.2) is 72.3 Å². The van der Waals surface area contributed by atoms with E-state index in [9.17, 15) is 19.2 Å². The van der Waals surface area contributed by atoms with Gasteiger partial charge in [-0.15, -0.1) is 6.58 Å². The molecule has 10 heteroatoms. The number of carbonyl (C=O) groups is 4. The van der Waals surface area contributed by atoms with Crippen molar-refractivity contribution < 1.29 is 33.4 Å². The zero-order valence-electron chi connectivity index (χ0n) is 25.0. The lowest BCUT2D eigenvalue weighted by atomic mass is 9.85. The van der Waals surface area contributed by atoms with Crippen LogP contribution in [0.5, 0.6) is 0 Å². The molecule has 3 amide bonds. The Bertz CT molecular complexity index is 1190. The van der Waals surface area contributed by atoms with Gasteiger partial charge in [-0.05, 0) is 28.5 Å². The Kier molecular flexibility index (Phi) is 9.89. The summed E-state index contributed by atoms with van der Waals surface area (Å²) in [4.78, 5) is 55.3. The molecule has 1 N–H and O–H groups in total. The summed E-state index contributed by atoms with van der Waals surface area (Å²) in [6, 6.07) is 3.85. The van der Waals surface area contributed by atoms with Gasteiger partial charge >= 0.3 is 18.2 Å². The van der Waals surface area contributed by atoms with Crippen molar-refractivity contribution in [3.63, 3.8) is 0 Å². The Morgan fingerprint density at radius 2 is 1.83 bits per heavy atom. The molecule has 0 unspecified atom stereocenters. The Labute approximate surface area is 242 Å². The van der Waals surface area contributed by atoms with Gasteiger partial charge in [-0.3, -0.25) is 9.69 Å². The number of carbonyl (C=O) groups excluding carboxylic acids is 4. The molecule has 0 saturated carbocycles. The minimum Gasteiger partial charge on any atom is -0.467 e. The summed E-state index contributed by atoms with van der Waals surface area (Å²) in [6.07, 6.45) is 2.25. The van der Waals surface area contributed by atoms with Gasteiger partial charge < -0.3 is 24.4 Å². The molecule has 2 aliphatic heterocycles. The maximum atomic E-state index is 13.8. The van der Waals surface area contributed by atoms with Crippen molar-refractivity contribution in [2.45, 2.75) is 78.7 Å². The smallest absolute Gasteiger partial charge is 0.410 e. The number of nitrogens with zero attached hydrogens (tertiary/aromatic N) is 2. The third-order valence-electron chi connectivity index (χ3n) is 7.45. The monoisotopic (exact) mass is 569 g/mol. The van der Waals surface area contributed by atoms with Gasteiger partial charge in [-0.1, -0.05) is 71.5 Å². The third kappa shape index (κ3) is 7.68. The molecule has 0 aliphatic carbocycles. The molecule has 3 atom stereocenters. The minimum absolute atomic E-state index is 0.0152. The van der Waals surface area contributed by atoms with Crippen LogP contribution >= 0.6 is 0 Å². The second-order valence-corrected chi connectivity index (χ2v) is 12.5. The van der Waals surface area contributed by atoms with Crippen LogP contribution < -0.4 is 5.32 Å². The van der Waals surface area contributed by atoms with Crippen molar-refractivity contribution in [3.05, 3.63) is 54.1 Å². The van der Waals surface area contributed by atoms with Crippen LogP contribution in [0, 0.1) is 10.8 Å². The number of allylic oxidation sites excluding steroid dienone is 1. The van der Waals surface area contributed by atoms with Gasteiger partial charge in [-0.25, -0.2) is 14.4 Å². The van der Waals surface area contributed by atoms with E-state index in [0.717, 1.165) is 16.7 Å². The first-order chi connectivity index (χ1) is 19.2. The number of benzene rings is 1. The highest BCUT2D eigenvalue weighted by Gasteiger charge is 2.47. The van der Waals surface area contributed by atoms with Crippen LogP contribution in [0.25, 0.3) is 6.08 Å². The maximum absolute atomic E-state index is 13.8. The number of alkyl carbamates (subject to hydrolysis) is 1. The van der Waals surface area contributed by atoms with E-state index < -0.39 is 47.7 Å². The molecule has 0 aromatic heterocycles. The minimum atomic E-state index is -1.01. The van der Waals surface area contributed by atoms with Gasteiger partial charge in [0.1, 0.15) is 18.2 Å². The standard InChI is InChI=1S/C31H43N3O7/c1-9-14-31(6,7)19-40-28(37)32-25(30(3,4)5)26(35)34-17-22(15-24(34)27(36)39-8)41-29(38)33-16-21-13-11-12-20(10-2)23(21)18-33/h9-13,22,24-25H,1-2,14-19H2,3-8H3,(H,32,37)/t22-,24+,25-/m1/s1. The fourth-order valence-electron chi connectivity index (χ4n) is 5.16. The Hall–Kier alpha value is -3.82. The molecule has 0 spiro atoms. The lowest BCUT2D eigenvalue weighted by Crippen LogP contribution is -2.57. The predicted octanol–water partition coefficient (Wildman–Crippen LogP) is 4.67. The molecule has 0 bridgehead atoms. The second-order valence-electron chi connectivity index (χ2n) is 12.5. The Morgan fingerprint density at radius 1 is 1.12 bits per heavy atom. The van der Waals surface area contributed by atoms with Crippen molar-refractivity contribution in [1.29, 1.82) is 0 Å². The van der Waals surface area contributed by atoms with Crippen LogP contribution in [0.3, 0.4) is 0 Å². The quantitative estimate of drug-likeness (QED) is 0.261. The number of likely N-dealkylation sites (tertiary alicyclic amines) is 1. The largest absolute Gasteiger partial charge is 0.467 e. The predicted molar refractivity (Wildman–Crippen MR) is 155 cm³/mol. The summed E-state index contributed by atoms with van der Waals surface area (Å²) in [6.45, 7) is 17.8. The van der Waals surface area contributed by atoms with E-state index in [1.807, 2.05) is 32.0 Å². The average Bonchev–Trinajstić information content (AvgIpc) is 3.54. The van der Waals surface area contributed by atoms with E-state index in [4.69, 9.17) is 14.2 Å². The summed E-state index contributed by atoms with van der Waals surface area (Å²) < 4.78 is 16.2. The molecule has 10 nitrogen and oxygen atoms in total. The molecule has 41 heavy (non-hydrogen) atoms. The number of hydrogen-bond donors (Lipinski definition) is 1. The van der Waals surface area contributed by atoms with Gasteiger partial charge in [0.15, 0.2) is 0 Å². The lowest BCUT2D eigenvalue weighted by Gasteiger charge is -2.35. The zero-order chi connectivity index (χ0) is 30.5. The van der Waals surface area contributed by atoms with E-state index in [1.165, 1.54) is 12.0 Å². The first kappa shape index (κ1) is 31.7. The Morgan fingerprint density at radius 3 is 2.44 bits per heavy atom. The molecule has 1 aromatic carbocycles. The fourth-order valence-corrected chi connectivity index (χ4v) is 5.16. The van der Waals surface area contributed by atoms with Crippen LogP contribution in [-0.2, 0) is 36.9 Å². The molecule has 2 aliphatic rings. The first-order valence-corrected chi connectivity index (χ1v) is 13.8. The molecular weight excluding hydrogens is 526 g/mol. The molecule has 3 rings (SSSR count). The summed E-state index contributed by atoms with van der Waals surface area (Å²) in [7, 11) is 1.24. The number of nitrogens with one attached hydrogen (secondary N) is 1. The summed E-state index contributed by atoms with van der Waals surface area (Å²) in [5.41, 5.74) is 1.98. The zero-order valence-corrected chi connectivity index (χ0v) is 25.0. The summed E-state index contributed by atoms with van der Waals surface area (Å²) >= 11 is 0. The van der Waals surface area contributed by atoms with Crippen LogP contribution in [0.15, 0.2) is 37.4 Å². The topological polar surface area (TPSA) is 114 Å². The van der Waals surface area contributed by atoms with Crippen molar-refractivity contribution in [1.82, 2.24) is 15.1 Å². The Balaban J connectivity index is 1.71. The number of methoxy groups -OCH3 is 1. The van der Waals surface area contributed by atoms with Gasteiger partial charge in [0.05, 0.1) is 26.8 Å². The van der Waals surface area contributed by atoms with Gasteiger partial charge in [0.2, 0.25) is 5.91 Å². The van der Waals surface area contributed by atoms with E-state index in [-0.39, 0.29) is 25.0 Å². The molecular formula is C31H43N3O7. The highest BCUT2D eigenvalue weighted by Crippen LogP contribution is 2.31. The van der Waals surface area contributed by atoms with Crippen molar-refractivity contribution >= 4 is 30.1 Å². The number of rotatable bonds is 9. The summed E-state index contributed by atoms with van der Waals surface area (Å²) in [5.74, 6) is -1.11. The van der Waals surface area contributed by atoms with Crippen molar-refractivity contribution in [3.8, 4) is 0 Å². The van der Waals surface area contributed by atoms with Crippen molar-refractivity contribution in [2.24, 2.45) is 10.8 Å². The normalized spacial score (nSPS) is 19.2. The van der Waals surface area contributed by atoms with Gasteiger partial charge in [0, 0.05) is 18.4 Å². The molecule has 1 aromatic rings. The van der Waals surface area contributed by atoms with Crippen molar-refractivity contribution in [2.75, 3.05) is 20.3 Å². The summed E-state index contributed by atoms with van der Waals surface area (Å²) in [5, 5.41) is 2.69. The number of amides is 3. The van der Waals surface area contributed by atoms with Gasteiger partial charge in [-0.2, -0.15) is 0 Å². The molecule has 2 heterocycles. The highest BCUT2D eigenvalue weighted by molar-refractivity contribution is 5.91. The van der Waals surface area contributed by atoms with E-state index in [0.29, 0.717) is 19.5 Å². The maximum Gasteiger partial charge on any atom is 0.410 e. The molecule has 224 valence electrons. The van der Waals surface area contributed by atoms with E-state index in [1.54, 1.807) is 37.8 Å². The highest BCUT2D eigenvalue weighted by atomic mass is 16.6. The van der Waals surface area contributed by atoms with Crippen LogP contribution in [0.1, 0.15) is 64.2 Å². The number of fused-ring (bicyclic) bond motifs is 1. The second kappa shape index (κ2) is 12.8.